The number of para-hydroxylation sites is 2. The van der Waals surface area contributed by atoms with Crippen molar-refractivity contribution in [1.82, 2.24) is 0 Å². The second-order valence-corrected chi connectivity index (χ2v) is 4.49. The van der Waals surface area contributed by atoms with Gasteiger partial charge in [-0.3, -0.25) is 4.99 Å². The summed E-state index contributed by atoms with van der Waals surface area (Å²) >= 11 is 1.72. The highest BCUT2D eigenvalue weighted by Crippen LogP contribution is 2.30. The van der Waals surface area contributed by atoms with Gasteiger partial charge in [-0.1, -0.05) is 18.2 Å². The fraction of sp³-hybridized carbons (Fsp3) is 0.0769. The van der Waals surface area contributed by atoms with Crippen LogP contribution in [0.1, 0.15) is 11.3 Å². The first-order valence-corrected chi connectivity index (χ1v) is 6.04. The van der Waals surface area contributed by atoms with Crippen LogP contribution in [0.3, 0.4) is 0 Å². The second-order valence-electron chi connectivity index (χ2n) is 3.54. The average molecular weight is 226 g/mol. The van der Waals surface area contributed by atoms with Crippen LogP contribution in [-0.4, -0.2) is 11.9 Å². The van der Waals surface area contributed by atoms with Crippen molar-refractivity contribution in [2.45, 2.75) is 6.42 Å². The predicted molar refractivity (Wildman–Crippen MR) is 69.7 cm³/mol. The van der Waals surface area contributed by atoms with Gasteiger partial charge in [0.1, 0.15) is 0 Å². The number of fused-ring (bicyclic) bond motifs is 1. The van der Waals surface area contributed by atoms with Gasteiger partial charge in [0.2, 0.25) is 0 Å². The molecule has 0 radical (unpaired) electrons. The van der Waals surface area contributed by atoms with Gasteiger partial charge in [0.15, 0.2) is 0 Å². The van der Waals surface area contributed by atoms with Crippen LogP contribution in [0.15, 0.2) is 51.8 Å². The van der Waals surface area contributed by atoms with Crippen LogP contribution in [0.5, 0.6) is 0 Å². The number of thiophene rings is 1. The van der Waals surface area contributed by atoms with Crippen LogP contribution in [0.4, 0.5) is 11.4 Å². The highest BCUT2D eigenvalue weighted by Gasteiger charge is 2.08. The summed E-state index contributed by atoms with van der Waals surface area (Å²) < 4.78 is 0. The van der Waals surface area contributed by atoms with Gasteiger partial charge >= 0.3 is 0 Å². The lowest BCUT2D eigenvalue weighted by atomic mass is 10.2. The van der Waals surface area contributed by atoms with Crippen molar-refractivity contribution in [3.63, 3.8) is 0 Å². The first-order valence-electron chi connectivity index (χ1n) is 5.16. The number of aliphatic imine (C=N–C) groups is 2. The molecule has 1 aromatic heterocycles. The lowest BCUT2D eigenvalue weighted by Gasteiger charge is -1.99. The van der Waals surface area contributed by atoms with Gasteiger partial charge in [0.05, 0.1) is 17.1 Å². The second kappa shape index (κ2) is 4.02. The third-order valence-corrected chi connectivity index (χ3v) is 3.38. The summed E-state index contributed by atoms with van der Waals surface area (Å²) in [6.45, 7) is 0. The molecule has 1 aliphatic heterocycles. The van der Waals surface area contributed by atoms with E-state index in [-0.39, 0.29) is 0 Å². The van der Waals surface area contributed by atoms with E-state index < -0.39 is 0 Å². The number of benzene rings is 1. The summed E-state index contributed by atoms with van der Waals surface area (Å²) in [5.74, 6) is 0. The largest absolute Gasteiger partial charge is 0.259 e. The van der Waals surface area contributed by atoms with E-state index in [9.17, 15) is 0 Å². The van der Waals surface area contributed by atoms with E-state index in [0.717, 1.165) is 23.5 Å². The fourth-order valence-electron chi connectivity index (χ4n) is 1.69. The Morgan fingerprint density at radius 1 is 1.00 bits per heavy atom. The first kappa shape index (κ1) is 9.48. The zero-order chi connectivity index (χ0) is 10.8. The molecule has 0 saturated carbocycles. The molecule has 0 aliphatic carbocycles. The molecule has 0 spiro atoms. The molecule has 3 rings (SSSR count). The molecule has 2 nitrogen and oxygen atoms in total. The van der Waals surface area contributed by atoms with Crippen molar-refractivity contribution in [2.24, 2.45) is 9.98 Å². The molecular weight excluding hydrogens is 216 g/mol. The summed E-state index contributed by atoms with van der Waals surface area (Å²) in [6, 6.07) is 12.1. The average Bonchev–Trinajstić information content (AvgIpc) is 2.75. The summed E-state index contributed by atoms with van der Waals surface area (Å²) in [5.41, 5.74) is 3.01. The molecule has 2 aromatic rings. The molecule has 0 bridgehead atoms. The molecule has 0 atom stereocenters. The van der Waals surface area contributed by atoms with Crippen molar-refractivity contribution in [3.8, 4) is 0 Å². The van der Waals surface area contributed by atoms with Crippen LogP contribution in [0.25, 0.3) is 0 Å². The van der Waals surface area contributed by atoms with E-state index in [4.69, 9.17) is 0 Å². The maximum absolute atomic E-state index is 4.68. The smallest absolute Gasteiger partial charge is 0.0890 e. The van der Waals surface area contributed by atoms with Gasteiger partial charge in [-0.15, -0.1) is 11.3 Å². The number of nitrogens with zero attached hydrogens (tertiary/aromatic N) is 2. The monoisotopic (exact) mass is 226 g/mol. The van der Waals surface area contributed by atoms with Crippen LogP contribution < -0.4 is 0 Å². The quantitative estimate of drug-likeness (QED) is 0.702. The van der Waals surface area contributed by atoms with Gasteiger partial charge < -0.3 is 0 Å². The van der Waals surface area contributed by atoms with Crippen LogP contribution in [-0.2, 0) is 0 Å². The topological polar surface area (TPSA) is 24.7 Å². The number of hydrogen-bond donors (Lipinski definition) is 0. The molecule has 1 aliphatic rings. The van der Waals surface area contributed by atoms with Crippen molar-refractivity contribution >= 4 is 34.6 Å². The zero-order valence-electron chi connectivity index (χ0n) is 8.63. The molecule has 1 aromatic carbocycles. The molecule has 16 heavy (non-hydrogen) atoms. The summed E-state index contributed by atoms with van der Waals surface area (Å²) in [4.78, 5) is 10.3. The molecule has 0 fully saturated rings. The molecule has 0 amide bonds. The Bertz CT molecular complexity index is 553. The van der Waals surface area contributed by atoms with Crippen LogP contribution >= 0.6 is 11.3 Å². The van der Waals surface area contributed by atoms with E-state index in [1.54, 1.807) is 11.3 Å². The van der Waals surface area contributed by atoms with Gasteiger partial charge in [0, 0.05) is 17.5 Å². The minimum absolute atomic E-state index is 0.801. The van der Waals surface area contributed by atoms with Gasteiger partial charge in [0.25, 0.3) is 0 Å². The van der Waals surface area contributed by atoms with Gasteiger partial charge in [-0.05, 0) is 23.6 Å². The van der Waals surface area contributed by atoms with Crippen molar-refractivity contribution in [2.75, 3.05) is 0 Å². The third-order valence-electron chi connectivity index (χ3n) is 2.46. The lowest BCUT2D eigenvalue weighted by Crippen LogP contribution is -1.96. The third kappa shape index (κ3) is 1.70. The van der Waals surface area contributed by atoms with Crippen LogP contribution in [0, 0.1) is 0 Å². The normalized spacial score (nSPS) is 14.1. The van der Waals surface area contributed by atoms with Gasteiger partial charge in [-0.25, -0.2) is 4.99 Å². The van der Waals surface area contributed by atoms with Gasteiger partial charge in [-0.2, -0.15) is 0 Å². The Hall–Kier alpha value is -1.74. The Labute approximate surface area is 98.0 Å². The van der Waals surface area contributed by atoms with E-state index in [2.05, 4.69) is 27.5 Å². The van der Waals surface area contributed by atoms with E-state index in [1.165, 1.54) is 4.88 Å². The van der Waals surface area contributed by atoms with Crippen molar-refractivity contribution in [1.29, 1.82) is 0 Å². The van der Waals surface area contributed by atoms with E-state index >= 15 is 0 Å². The van der Waals surface area contributed by atoms with E-state index in [1.807, 2.05) is 30.5 Å². The molecule has 2 heterocycles. The molecule has 0 N–H and O–H groups in total. The Morgan fingerprint density at radius 3 is 2.69 bits per heavy atom. The number of rotatable bonds is 1. The standard InChI is InChI=1S/C13H10N2S/c1-2-5-11-10(4-1)14-8-7-12(15-11)13-6-3-9-16-13/h1-6,8-9H,7H2. The van der Waals surface area contributed by atoms with Crippen LogP contribution in [0.2, 0.25) is 0 Å². The highest BCUT2D eigenvalue weighted by atomic mass is 32.1. The molecular formula is C13H10N2S. The zero-order valence-corrected chi connectivity index (χ0v) is 9.45. The molecule has 3 heteroatoms. The summed E-state index contributed by atoms with van der Waals surface area (Å²) in [6.07, 6.45) is 2.74. The predicted octanol–water partition coefficient (Wildman–Crippen LogP) is 3.97. The Balaban J connectivity index is 2.11. The molecule has 0 saturated heterocycles. The highest BCUT2D eigenvalue weighted by molar-refractivity contribution is 7.12. The fourth-order valence-corrected chi connectivity index (χ4v) is 2.41. The minimum atomic E-state index is 0.801. The summed E-state index contributed by atoms with van der Waals surface area (Å²) in [5, 5.41) is 2.08. The summed E-state index contributed by atoms with van der Waals surface area (Å²) in [7, 11) is 0. The minimum Gasteiger partial charge on any atom is -0.259 e. The molecule has 78 valence electrons. The molecule has 0 unspecified atom stereocenters. The first-order chi connectivity index (χ1) is 7.93. The SMILES string of the molecule is C1=Nc2ccccc2N=C(c2cccs2)C1. The maximum Gasteiger partial charge on any atom is 0.0890 e. The number of hydrogen-bond acceptors (Lipinski definition) is 3. The Kier molecular flexibility index (Phi) is 2.38. The van der Waals surface area contributed by atoms with Crippen molar-refractivity contribution in [3.05, 3.63) is 46.7 Å². The maximum atomic E-state index is 4.68. The Morgan fingerprint density at radius 2 is 1.88 bits per heavy atom. The van der Waals surface area contributed by atoms with E-state index in [0.29, 0.717) is 0 Å². The lowest BCUT2D eigenvalue weighted by molar-refractivity contribution is 1.47. The van der Waals surface area contributed by atoms with Crippen molar-refractivity contribution < 1.29 is 0 Å².